The molecule has 4 heteroatoms. The van der Waals surface area contributed by atoms with Gasteiger partial charge in [0.05, 0.1) is 17.9 Å². The van der Waals surface area contributed by atoms with Gasteiger partial charge in [0.15, 0.2) is 0 Å². The number of ether oxygens (including phenoxy) is 1. The van der Waals surface area contributed by atoms with Gasteiger partial charge in [0.25, 0.3) is 0 Å². The molecule has 4 nitrogen and oxygen atoms in total. The highest BCUT2D eigenvalue weighted by Crippen LogP contribution is 2.06. The van der Waals surface area contributed by atoms with Crippen molar-refractivity contribution in [3.05, 3.63) is 35.4 Å². The van der Waals surface area contributed by atoms with Gasteiger partial charge < -0.3 is 10.6 Å². The summed E-state index contributed by atoms with van der Waals surface area (Å²) >= 11 is 0. The Morgan fingerprint density at radius 3 is 2.33 bits per heavy atom. The van der Waals surface area contributed by atoms with Crippen molar-refractivity contribution in [1.29, 1.82) is 0 Å². The largest absolute Gasteiger partial charge is 0.462 e. The van der Waals surface area contributed by atoms with E-state index in [1.807, 2.05) is 0 Å². The van der Waals surface area contributed by atoms with Crippen LogP contribution in [0.2, 0.25) is 0 Å². The van der Waals surface area contributed by atoms with E-state index in [0.29, 0.717) is 12.2 Å². The number of nitrogens with two attached hydrogens (primary N) is 1. The molecule has 0 radical (unpaired) electrons. The fourth-order valence-corrected chi connectivity index (χ4v) is 1.14. The molecule has 1 aromatic carbocycles. The summed E-state index contributed by atoms with van der Waals surface area (Å²) in [5.74, 6) is 4.83. The SMILES string of the molecule is CCOC(=O)c1ccc(C(C)=NN)cc1. The maximum atomic E-state index is 11.3. The predicted octanol–water partition coefficient (Wildman–Crippen LogP) is 1.55. The van der Waals surface area contributed by atoms with E-state index < -0.39 is 0 Å². The first-order valence-electron chi connectivity index (χ1n) is 4.71. The van der Waals surface area contributed by atoms with E-state index in [1.54, 1.807) is 38.1 Å². The maximum absolute atomic E-state index is 11.3. The van der Waals surface area contributed by atoms with Gasteiger partial charge in [0, 0.05) is 0 Å². The van der Waals surface area contributed by atoms with Crippen LogP contribution in [0.5, 0.6) is 0 Å². The molecular formula is C11H14N2O2. The first-order valence-corrected chi connectivity index (χ1v) is 4.71. The highest BCUT2D eigenvalue weighted by molar-refractivity contribution is 5.99. The summed E-state index contributed by atoms with van der Waals surface area (Å²) in [6.45, 7) is 3.96. The Morgan fingerprint density at radius 2 is 1.87 bits per heavy atom. The minimum atomic E-state index is -0.314. The van der Waals surface area contributed by atoms with Crippen molar-refractivity contribution in [1.82, 2.24) is 0 Å². The number of hydrogen-bond donors (Lipinski definition) is 1. The number of carbonyl (C=O) groups is 1. The molecule has 2 N–H and O–H groups in total. The van der Waals surface area contributed by atoms with Gasteiger partial charge >= 0.3 is 5.97 Å². The van der Waals surface area contributed by atoms with Gasteiger partial charge in [0.1, 0.15) is 0 Å². The van der Waals surface area contributed by atoms with Crippen molar-refractivity contribution < 1.29 is 9.53 Å². The normalized spacial score (nSPS) is 11.2. The molecule has 15 heavy (non-hydrogen) atoms. The third kappa shape index (κ3) is 2.80. The molecule has 80 valence electrons. The number of nitrogens with zero attached hydrogens (tertiary/aromatic N) is 1. The zero-order valence-corrected chi connectivity index (χ0v) is 8.86. The number of rotatable bonds is 3. The molecular weight excluding hydrogens is 192 g/mol. The fourth-order valence-electron chi connectivity index (χ4n) is 1.14. The van der Waals surface area contributed by atoms with Crippen LogP contribution < -0.4 is 5.84 Å². The predicted molar refractivity (Wildman–Crippen MR) is 58.8 cm³/mol. The van der Waals surface area contributed by atoms with E-state index in [4.69, 9.17) is 10.6 Å². The fraction of sp³-hybridized carbons (Fsp3) is 0.273. The average Bonchev–Trinajstić information content (AvgIpc) is 2.28. The van der Waals surface area contributed by atoms with Gasteiger partial charge in [-0.25, -0.2) is 4.79 Å². The van der Waals surface area contributed by atoms with Crippen molar-refractivity contribution in [3.8, 4) is 0 Å². The van der Waals surface area contributed by atoms with Crippen molar-refractivity contribution >= 4 is 11.7 Å². The van der Waals surface area contributed by atoms with Gasteiger partial charge in [-0.1, -0.05) is 12.1 Å². The van der Waals surface area contributed by atoms with E-state index in [0.717, 1.165) is 11.3 Å². The van der Waals surface area contributed by atoms with E-state index in [1.165, 1.54) is 0 Å². The molecule has 0 atom stereocenters. The number of benzene rings is 1. The lowest BCUT2D eigenvalue weighted by molar-refractivity contribution is 0.0526. The monoisotopic (exact) mass is 206 g/mol. The minimum absolute atomic E-state index is 0.314. The lowest BCUT2D eigenvalue weighted by Crippen LogP contribution is -2.05. The van der Waals surface area contributed by atoms with E-state index in [9.17, 15) is 4.79 Å². The molecule has 1 rings (SSSR count). The highest BCUT2D eigenvalue weighted by atomic mass is 16.5. The lowest BCUT2D eigenvalue weighted by Gasteiger charge is -2.03. The quantitative estimate of drug-likeness (QED) is 0.353. The van der Waals surface area contributed by atoms with Crippen molar-refractivity contribution in [2.24, 2.45) is 10.9 Å². The molecule has 1 aromatic rings. The summed E-state index contributed by atoms with van der Waals surface area (Å²) in [4.78, 5) is 11.3. The second-order valence-corrected chi connectivity index (χ2v) is 3.01. The lowest BCUT2D eigenvalue weighted by atomic mass is 10.1. The smallest absolute Gasteiger partial charge is 0.338 e. The Hall–Kier alpha value is -1.84. The van der Waals surface area contributed by atoms with Gasteiger partial charge in [0.2, 0.25) is 0 Å². The van der Waals surface area contributed by atoms with Gasteiger partial charge in [-0.15, -0.1) is 0 Å². The Kier molecular flexibility index (Phi) is 3.85. The summed E-state index contributed by atoms with van der Waals surface area (Å²) in [6.07, 6.45) is 0. The average molecular weight is 206 g/mol. The van der Waals surface area contributed by atoms with Gasteiger partial charge in [-0.05, 0) is 31.5 Å². The molecule has 0 aliphatic carbocycles. The first-order chi connectivity index (χ1) is 7.19. The molecule has 0 aliphatic rings. The Balaban J connectivity index is 2.85. The second kappa shape index (κ2) is 5.14. The standard InChI is InChI=1S/C11H14N2O2/c1-3-15-11(14)10-6-4-9(5-7-10)8(2)13-12/h4-7H,3,12H2,1-2H3. The van der Waals surface area contributed by atoms with Crippen molar-refractivity contribution in [3.63, 3.8) is 0 Å². The molecule has 0 amide bonds. The van der Waals surface area contributed by atoms with Gasteiger partial charge in [-0.3, -0.25) is 0 Å². The van der Waals surface area contributed by atoms with Crippen LogP contribution in [-0.2, 0) is 4.74 Å². The number of hydrazone groups is 1. The molecule has 0 bridgehead atoms. The summed E-state index contributed by atoms with van der Waals surface area (Å²) < 4.78 is 4.86. The first kappa shape index (κ1) is 11.2. The molecule has 0 aromatic heterocycles. The van der Waals surface area contributed by atoms with E-state index in [2.05, 4.69) is 5.10 Å². The van der Waals surface area contributed by atoms with Crippen LogP contribution in [0.3, 0.4) is 0 Å². The molecule has 0 saturated carbocycles. The number of esters is 1. The van der Waals surface area contributed by atoms with Crippen LogP contribution in [0.25, 0.3) is 0 Å². The van der Waals surface area contributed by atoms with Crippen LogP contribution in [0.4, 0.5) is 0 Å². The van der Waals surface area contributed by atoms with Crippen LogP contribution in [-0.4, -0.2) is 18.3 Å². The number of hydrogen-bond acceptors (Lipinski definition) is 4. The summed E-state index contributed by atoms with van der Waals surface area (Å²) in [6, 6.07) is 6.97. The zero-order chi connectivity index (χ0) is 11.3. The van der Waals surface area contributed by atoms with Crippen LogP contribution in [0, 0.1) is 0 Å². The summed E-state index contributed by atoms with van der Waals surface area (Å²) in [5.41, 5.74) is 2.15. The van der Waals surface area contributed by atoms with Crippen molar-refractivity contribution in [2.75, 3.05) is 6.61 Å². The van der Waals surface area contributed by atoms with Crippen LogP contribution in [0.15, 0.2) is 29.4 Å². The molecule has 0 saturated heterocycles. The summed E-state index contributed by atoms with van der Waals surface area (Å²) in [7, 11) is 0. The molecule has 0 aliphatic heterocycles. The van der Waals surface area contributed by atoms with Crippen LogP contribution >= 0.6 is 0 Å². The third-order valence-electron chi connectivity index (χ3n) is 2.01. The van der Waals surface area contributed by atoms with E-state index in [-0.39, 0.29) is 5.97 Å². The Labute approximate surface area is 88.7 Å². The topological polar surface area (TPSA) is 64.7 Å². The Morgan fingerprint density at radius 1 is 1.33 bits per heavy atom. The highest BCUT2D eigenvalue weighted by Gasteiger charge is 2.05. The van der Waals surface area contributed by atoms with Crippen LogP contribution in [0.1, 0.15) is 29.8 Å². The van der Waals surface area contributed by atoms with Gasteiger partial charge in [-0.2, -0.15) is 5.10 Å². The Bertz CT molecular complexity index is 369. The molecule has 0 fully saturated rings. The molecule has 0 spiro atoms. The zero-order valence-electron chi connectivity index (χ0n) is 8.86. The summed E-state index contributed by atoms with van der Waals surface area (Å²) in [5, 5.41) is 3.57. The van der Waals surface area contributed by atoms with E-state index >= 15 is 0 Å². The second-order valence-electron chi connectivity index (χ2n) is 3.01. The maximum Gasteiger partial charge on any atom is 0.338 e. The minimum Gasteiger partial charge on any atom is -0.462 e. The van der Waals surface area contributed by atoms with Crippen molar-refractivity contribution in [2.45, 2.75) is 13.8 Å². The third-order valence-corrected chi connectivity index (χ3v) is 2.01. The molecule has 0 heterocycles. The molecule has 0 unspecified atom stereocenters. The number of carbonyl (C=O) groups excluding carboxylic acids is 1.